The first-order chi connectivity index (χ1) is 12.5. The van der Waals surface area contributed by atoms with Gasteiger partial charge < -0.3 is 15.7 Å². The van der Waals surface area contributed by atoms with Crippen molar-refractivity contribution in [3.8, 4) is 12.3 Å². The predicted octanol–water partition coefficient (Wildman–Crippen LogP) is 2.58. The van der Waals surface area contributed by atoms with E-state index >= 15 is 0 Å². The molecule has 1 saturated heterocycles. The first-order valence-corrected chi connectivity index (χ1v) is 9.21. The number of aliphatic hydroxyl groups excluding tert-OH is 1. The van der Waals surface area contributed by atoms with Gasteiger partial charge in [0.25, 0.3) is 0 Å². The summed E-state index contributed by atoms with van der Waals surface area (Å²) in [6, 6.07) is 7.74. The molecule has 2 aromatic rings. The molecule has 2 aromatic heterocycles. The average molecular weight is 372 g/mol. The van der Waals surface area contributed by atoms with Gasteiger partial charge >= 0.3 is 0 Å². The first-order valence-electron chi connectivity index (χ1n) is 8.44. The van der Waals surface area contributed by atoms with E-state index in [0.717, 1.165) is 42.5 Å². The Labute approximate surface area is 159 Å². The van der Waals surface area contributed by atoms with Gasteiger partial charge in [0.05, 0.1) is 6.10 Å². The van der Waals surface area contributed by atoms with Crippen molar-refractivity contribution in [3.63, 3.8) is 0 Å². The molecule has 7 heteroatoms. The molecule has 1 unspecified atom stereocenters. The second-order valence-corrected chi connectivity index (χ2v) is 7.01. The Balaban J connectivity index is 0.000000758. The summed E-state index contributed by atoms with van der Waals surface area (Å²) >= 11 is 1.71. The Bertz CT molecular complexity index is 704. The highest BCUT2D eigenvalue weighted by Crippen LogP contribution is 2.25. The van der Waals surface area contributed by atoms with Gasteiger partial charge in [0.15, 0.2) is 0 Å². The normalized spacial score (nSPS) is 15.5. The Kier molecular flexibility index (Phi) is 7.73. The monoisotopic (exact) mass is 371 g/mol. The number of nitrogens with two attached hydrogens (primary N) is 1. The second-order valence-electron chi connectivity index (χ2n) is 5.84. The number of rotatable bonds is 4. The van der Waals surface area contributed by atoms with Crippen molar-refractivity contribution in [1.82, 2.24) is 14.3 Å². The SMILES string of the molecule is C#CC.CC(O)c1ccc(N2CCN(Sc3ccc(N)nc3)CC2)nc1. The lowest BCUT2D eigenvalue weighted by atomic mass is 10.2. The van der Waals surface area contributed by atoms with Gasteiger partial charge in [-0.05, 0) is 49.6 Å². The Morgan fingerprint density at radius 1 is 1.15 bits per heavy atom. The van der Waals surface area contributed by atoms with E-state index in [4.69, 9.17) is 5.73 Å². The quantitative estimate of drug-likeness (QED) is 0.632. The molecule has 0 aliphatic carbocycles. The van der Waals surface area contributed by atoms with Crippen LogP contribution in [-0.4, -0.2) is 45.6 Å². The number of piperazine rings is 1. The molecule has 0 spiro atoms. The fourth-order valence-electron chi connectivity index (χ4n) is 2.43. The molecule has 3 heterocycles. The van der Waals surface area contributed by atoms with Crippen LogP contribution in [0.25, 0.3) is 0 Å². The molecular formula is C19H25N5OS. The molecule has 1 fully saturated rings. The van der Waals surface area contributed by atoms with Crippen molar-refractivity contribution in [2.24, 2.45) is 0 Å². The molecule has 6 nitrogen and oxygen atoms in total. The van der Waals surface area contributed by atoms with E-state index in [1.165, 1.54) is 0 Å². The molecule has 138 valence electrons. The largest absolute Gasteiger partial charge is 0.389 e. The third-order valence-corrected chi connectivity index (χ3v) is 4.89. The summed E-state index contributed by atoms with van der Waals surface area (Å²) in [4.78, 5) is 11.9. The van der Waals surface area contributed by atoms with Crippen molar-refractivity contribution in [3.05, 3.63) is 42.2 Å². The van der Waals surface area contributed by atoms with Gasteiger partial charge in [-0.25, -0.2) is 14.3 Å². The Hall–Kier alpha value is -2.27. The second kappa shape index (κ2) is 10.0. The number of hydrogen-bond donors (Lipinski definition) is 2. The van der Waals surface area contributed by atoms with Gasteiger partial charge in [0.2, 0.25) is 0 Å². The molecule has 0 saturated carbocycles. The molecule has 1 aliphatic heterocycles. The van der Waals surface area contributed by atoms with E-state index in [2.05, 4.69) is 31.5 Å². The maximum atomic E-state index is 9.54. The van der Waals surface area contributed by atoms with Crippen molar-refractivity contribution in [2.75, 3.05) is 36.8 Å². The van der Waals surface area contributed by atoms with Crippen LogP contribution in [0.15, 0.2) is 41.6 Å². The van der Waals surface area contributed by atoms with Gasteiger partial charge in [0, 0.05) is 43.5 Å². The van der Waals surface area contributed by atoms with Gasteiger partial charge in [-0.1, -0.05) is 6.07 Å². The summed E-state index contributed by atoms with van der Waals surface area (Å²) in [5.74, 6) is 3.76. The van der Waals surface area contributed by atoms with Crippen LogP contribution in [0.3, 0.4) is 0 Å². The first kappa shape index (κ1) is 20.0. The molecule has 0 aromatic carbocycles. The van der Waals surface area contributed by atoms with Crippen LogP contribution in [0, 0.1) is 12.3 Å². The minimum absolute atomic E-state index is 0.474. The molecular weight excluding hydrogens is 346 g/mol. The van der Waals surface area contributed by atoms with E-state index in [9.17, 15) is 5.11 Å². The highest BCUT2D eigenvalue weighted by Gasteiger charge is 2.19. The van der Waals surface area contributed by atoms with E-state index in [0.29, 0.717) is 5.82 Å². The summed E-state index contributed by atoms with van der Waals surface area (Å²) in [6.45, 7) is 7.16. The van der Waals surface area contributed by atoms with Crippen LogP contribution < -0.4 is 10.6 Å². The fraction of sp³-hybridized carbons (Fsp3) is 0.368. The minimum atomic E-state index is -0.474. The molecule has 0 amide bonds. The highest BCUT2D eigenvalue weighted by molar-refractivity contribution is 7.97. The van der Waals surface area contributed by atoms with Crippen LogP contribution in [-0.2, 0) is 0 Å². The van der Waals surface area contributed by atoms with Crippen LogP contribution in [0.2, 0.25) is 0 Å². The van der Waals surface area contributed by atoms with Gasteiger partial charge in [-0.2, -0.15) is 0 Å². The van der Waals surface area contributed by atoms with Gasteiger partial charge in [0.1, 0.15) is 11.6 Å². The molecule has 3 rings (SSSR count). The molecule has 3 N–H and O–H groups in total. The number of aromatic nitrogens is 2. The third-order valence-electron chi connectivity index (χ3n) is 3.81. The van der Waals surface area contributed by atoms with Crippen LogP contribution in [0.4, 0.5) is 11.6 Å². The van der Waals surface area contributed by atoms with Crippen LogP contribution >= 0.6 is 11.9 Å². The lowest BCUT2D eigenvalue weighted by molar-refractivity contribution is 0.199. The van der Waals surface area contributed by atoms with Crippen LogP contribution in [0.5, 0.6) is 0 Å². The Morgan fingerprint density at radius 3 is 2.35 bits per heavy atom. The molecule has 1 aliphatic rings. The number of aliphatic hydroxyl groups is 1. The standard InChI is InChI=1S/C16H21N5OS.C3H4/c1-12(22)13-2-5-16(19-10-13)20-6-8-21(9-7-20)23-14-3-4-15(17)18-11-14;1-3-2/h2-5,10-12,22H,6-9H2,1H3,(H2,17,18);1H,2H3. The minimum Gasteiger partial charge on any atom is -0.389 e. The molecule has 0 radical (unpaired) electrons. The fourth-order valence-corrected chi connectivity index (χ4v) is 3.31. The number of nitrogen functional groups attached to an aromatic ring is 1. The van der Waals surface area contributed by atoms with Crippen molar-refractivity contribution >= 4 is 23.6 Å². The maximum absolute atomic E-state index is 9.54. The van der Waals surface area contributed by atoms with E-state index in [1.54, 1.807) is 32.0 Å². The van der Waals surface area contributed by atoms with Crippen molar-refractivity contribution in [1.29, 1.82) is 0 Å². The zero-order valence-corrected chi connectivity index (χ0v) is 16.0. The lowest BCUT2D eigenvalue weighted by Gasteiger charge is -2.34. The smallest absolute Gasteiger partial charge is 0.128 e. The van der Waals surface area contributed by atoms with E-state index in [1.807, 2.05) is 30.5 Å². The van der Waals surface area contributed by atoms with E-state index in [-0.39, 0.29) is 0 Å². The summed E-state index contributed by atoms with van der Waals surface area (Å²) < 4.78 is 2.33. The maximum Gasteiger partial charge on any atom is 0.128 e. The Morgan fingerprint density at radius 2 is 1.85 bits per heavy atom. The number of nitrogens with zero attached hydrogens (tertiary/aromatic N) is 4. The number of hydrogen-bond acceptors (Lipinski definition) is 7. The summed E-state index contributed by atoms with van der Waals surface area (Å²) in [5.41, 5.74) is 6.45. The predicted molar refractivity (Wildman–Crippen MR) is 108 cm³/mol. The highest BCUT2D eigenvalue weighted by atomic mass is 32.2. The molecule has 26 heavy (non-hydrogen) atoms. The van der Waals surface area contributed by atoms with Crippen molar-refractivity contribution < 1.29 is 5.11 Å². The number of terminal acetylenes is 1. The zero-order chi connectivity index (χ0) is 18.9. The van der Waals surface area contributed by atoms with E-state index < -0.39 is 6.10 Å². The van der Waals surface area contributed by atoms with Crippen molar-refractivity contribution in [2.45, 2.75) is 24.8 Å². The average Bonchev–Trinajstić information content (AvgIpc) is 2.65. The summed E-state index contributed by atoms with van der Waals surface area (Å²) in [6.07, 6.45) is 7.68. The molecule has 1 atom stereocenters. The lowest BCUT2D eigenvalue weighted by Crippen LogP contribution is -2.43. The number of pyridine rings is 2. The molecule has 0 bridgehead atoms. The topological polar surface area (TPSA) is 78.5 Å². The van der Waals surface area contributed by atoms with Gasteiger partial charge in [-0.3, -0.25) is 0 Å². The third kappa shape index (κ3) is 5.92. The zero-order valence-electron chi connectivity index (χ0n) is 15.2. The van der Waals surface area contributed by atoms with Crippen LogP contribution in [0.1, 0.15) is 25.5 Å². The van der Waals surface area contributed by atoms with Gasteiger partial charge in [-0.15, -0.1) is 12.3 Å². The summed E-state index contributed by atoms with van der Waals surface area (Å²) in [5, 5.41) is 9.54. The number of anilines is 2. The summed E-state index contributed by atoms with van der Waals surface area (Å²) in [7, 11) is 0.